The van der Waals surface area contributed by atoms with Crippen molar-refractivity contribution >= 4 is 0 Å². The van der Waals surface area contributed by atoms with E-state index < -0.39 is 0 Å². The second kappa shape index (κ2) is 4.07. The van der Waals surface area contributed by atoms with E-state index in [1.807, 2.05) is 23.9 Å². The average molecular weight is 165 g/mol. The Morgan fingerprint density at radius 2 is 2.58 bits per heavy atom. The molecule has 0 aromatic carbocycles. The van der Waals surface area contributed by atoms with Gasteiger partial charge in [-0.2, -0.15) is 0 Å². The molecule has 0 saturated heterocycles. The van der Waals surface area contributed by atoms with Gasteiger partial charge < -0.3 is 10.3 Å². The van der Waals surface area contributed by atoms with Crippen LogP contribution in [-0.2, 0) is 7.05 Å². The molecule has 3 nitrogen and oxygen atoms in total. The van der Waals surface area contributed by atoms with Gasteiger partial charge in [-0.25, -0.2) is 4.98 Å². The van der Waals surface area contributed by atoms with Gasteiger partial charge >= 0.3 is 0 Å². The van der Waals surface area contributed by atoms with Gasteiger partial charge in [-0.15, -0.1) is 6.58 Å². The zero-order chi connectivity index (χ0) is 8.97. The molecule has 0 saturated carbocycles. The second-order valence-corrected chi connectivity index (χ2v) is 2.94. The van der Waals surface area contributed by atoms with E-state index in [4.69, 9.17) is 5.73 Å². The van der Waals surface area contributed by atoms with Crippen LogP contribution in [0.2, 0.25) is 0 Å². The van der Waals surface area contributed by atoms with Crippen LogP contribution < -0.4 is 5.73 Å². The third kappa shape index (κ3) is 2.20. The lowest BCUT2D eigenvalue weighted by Crippen LogP contribution is -2.09. The standard InChI is InChI=1S/C9H15N3/c1-3-4-5-8(10)9-6-12(2)7-11-9/h3,6-8H,1,4-5,10H2,2H3. The van der Waals surface area contributed by atoms with Gasteiger partial charge in [-0.3, -0.25) is 0 Å². The quantitative estimate of drug-likeness (QED) is 0.685. The van der Waals surface area contributed by atoms with E-state index >= 15 is 0 Å². The van der Waals surface area contributed by atoms with Crippen LogP contribution in [0.25, 0.3) is 0 Å². The maximum absolute atomic E-state index is 5.87. The van der Waals surface area contributed by atoms with Crippen LogP contribution in [-0.4, -0.2) is 9.55 Å². The van der Waals surface area contributed by atoms with E-state index in [0.29, 0.717) is 0 Å². The Morgan fingerprint density at radius 1 is 1.83 bits per heavy atom. The van der Waals surface area contributed by atoms with Crippen LogP contribution in [0.4, 0.5) is 0 Å². The summed E-state index contributed by atoms with van der Waals surface area (Å²) in [6.45, 7) is 3.65. The van der Waals surface area contributed by atoms with E-state index in [-0.39, 0.29) is 6.04 Å². The Balaban J connectivity index is 2.52. The summed E-state index contributed by atoms with van der Waals surface area (Å²) in [5.74, 6) is 0. The highest BCUT2D eigenvalue weighted by atomic mass is 15.0. The van der Waals surface area contributed by atoms with Gasteiger partial charge in [0.2, 0.25) is 0 Å². The van der Waals surface area contributed by atoms with E-state index in [0.717, 1.165) is 18.5 Å². The van der Waals surface area contributed by atoms with Crippen molar-refractivity contribution in [2.75, 3.05) is 0 Å². The summed E-state index contributed by atoms with van der Waals surface area (Å²) in [5.41, 5.74) is 6.83. The molecule has 0 amide bonds. The van der Waals surface area contributed by atoms with E-state index in [1.165, 1.54) is 0 Å². The third-order valence-corrected chi connectivity index (χ3v) is 1.79. The predicted octanol–water partition coefficient (Wildman–Crippen LogP) is 1.39. The van der Waals surface area contributed by atoms with Crippen LogP contribution in [0.5, 0.6) is 0 Å². The lowest BCUT2D eigenvalue weighted by molar-refractivity contribution is 0.645. The van der Waals surface area contributed by atoms with E-state index in [2.05, 4.69) is 11.6 Å². The molecule has 0 aliphatic carbocycles. The third-order valence-electron chi connectivity index (χ3n) is 1.79. The van der Waals surface area contributed by atoms with Gasteiger partial charge in [0.25, 0.3) is 0 Å². The number of rotatable bonds is 4. The first-order valence-electron chi connectivity index (χ1n) is 4.08. The molecule has 1 unspecified atom stereocenters. The monoisotopic (exact) mass is 165 g/mol. The summed E-state index contributed by atoms with van der Waals surface area (Å²) in [6.07, 6.45) is 7.46. The fourth-order valence-electron chi connectivity index (χ4n) is 1.07. The van der Waals surface area contributed by atoms with Crippen molar-refractivity contribution in [1.29, 1.82) is 0 Å². The number of hydrogen-bond donors (Lipinski definition) is 1. The normalized spacial score (nSPS) is 12.8. The number of imidazole rings is 1. The Kier molecular flexibility index (Phi) is 3.05. The molecule has 1 heterocycles. The number of nitrogens with zero attached hydrogens (tertiary/aromatic N) is 2. The number of nitrogens with two attached hydrogens (primary N) is 1. The Bertz CT molecular complexity index is 252. The first-order chi connectivity index (χ1) is 5.74. The van der Waals surface area contributed by atoms with Gasteiger partial charge in [0.1, 0.15) is 0 Å². The van der Waals surface area contributed by atoms with Crippen LogP contribution >= 0.6 is 0 Å². The van der Waals surface area contributed by atoms with Crippen LogP contribution in [0, 0.1) is 0 Å². The minimum absolute atomic E-state index is 0.0456. The molecule has 0 spiro atoms. The molecule has 1 aromatic heterocycles. The number of aromatic nitrogens is 2. The number of hydrogen-bond acceptors (Lipinski definition) is 2. The molecule has 12 heavy (non-hydrogen) atoms. The van der Waals surface area contributed by atoms with Gasteiger partial charge in [0, 0.05) is 19.3 Å². The van der Waals surface area contributed by atoms with Crippen LogP contribution in [0.1, 0.15) is 24.6 Å². The molecular weight excluding hydrogens is 150 g/mol. The first kappa shape index (κ1) is 9.00. The molecule has 1 atom stereocenters. The molecule has 0 aliphatic rings. The molecule has 1 aromatic rings. The summed E-state index contributed by atoms with van der Waals surface area (Å²) < 4.78 is 1.91. The lowest BCUT2D eigenvalue weighted by atomic mass is 10.1. The topological polar surface area (TPSA) is 43.8 Å². The second-order valence-electron chi connectivity index (χ2n) is 2.94. The van der Waals surface area contributed by atoms with Crippen molar-refractivity contribution in [3.63, 3.8) is 0 Å². The molecule has 1 rings (SSSR count). The summed E-state index contributed by atoms with van der Waals surface area (Å²) in [6, 6.07) is 0.0456. The van der Waals surface area contributed by atoms with Crippen molar-refractivity contribution in [1.82, 2.24) is 9.55 Å². The fourth-order valence-corrected chi connectivity index (χ4v) is 1.07. The van der Waals surface area contributed by atoms with Gasteiger partial charge in [0.05, 0.1) is 12.0 Å². The lowest BCUT2D eigenvalue weighted by Gasteiger charge is -2.05. The molecule has 0 aliphatic heterocycles. The molecule has 0 bridgehead atoms. The van der Waals surface area contributed by atoms with E-state index in [9.17, 15) is 0 Å². The van der Waals surface area contributed by atoms with Crippen LogP contribution in [0.3, 0.4) is 0 Å². The molecule has 0 fully saturated rings. The Morgan fingerprint density at radius 3 is 3.08 bits per heavy atom. The molecule has 66 valence electrons. The average Bonchev–Trinajstić information content (AvgIpc) is 2.47. The highest BCUT2D eigenvalue weighted by Gasteiger charge is 2.06. The Labute approximate surface area is 72.9 Å². The van der Waals surface area contributed by atoms with Crippen LogP contribution in [0.15, 0.2) is 25.2 Å². The fraction of sp³-hybridized carbons (Fsp3) is 0.444. The summed E-state index contributed by atoms with van der Waals surface area (Å²) >= 11 is 0. The predicted molar refractivity (Wildman–Crippen MR) is 49.6 cm³/mol. The summed E-state index contributed by atoms with van der Waals surface area (Å²) in [4.78, 5) is 4.17. The minimum atomic E-state index is 0.0456. The molecule has 3 heteroatoms. The van der Waals surface area contributed by atoms with Crippen molar-refractivity contribution < 1.29 is 0 Å². The van der Waals surface area contributed by atoms with Crippen molar-refractivity contribution in [3.05, 3.63) is 30.9 Å². The Hall–Kier alpha value is -1.09. The zero-order valence-corrected chi connectivity index (χ0v) is 7.40. The van der Waals surface area contributed by atoms with Gasteiger partial charge in [0.15, 0.2) is 0 Å². The number of allylic oxidation sites excluding steroid dienone is 1. The summed E-state index contributed by atoms with van der Waals surface area (Å²) in [7, 11) is 1.94. The maximum atomic E-state index is 5.87. The van der Waals surface area contributed by atoms with Crippen molar-refractivity contribution in [2.24, 2.45) is 12.8 Å². The van der Waals surface area contributed by atoms with Gasteiger partial charge in [-0.05, 0) is 12.8 Å². The first-order valence-corrected chi connectivity index (χ1v) is 4.08. The molecule has 0 radical (unpaired) electrons. The highest BCUT2D eigenvalue weighted by Crippen LogP contribution is 2.12. The SMILES string of the molecule is C=CCCC(N)c1cn(C)cn1. The van der Waals surface area contributed by atoms with Crippen molar-refractivity contribution in [2.45, 2.75) is 18.9 Å². The van der Waals surface area contributed by atoms with Gasteiger partial charge in [-0.1, -0.05) is 6.08 Å². The maximum Gasteiger partial charge on any atom is 0.0947 e. The number of aryl methyl sites for hydroxylation is 1. The van der Waals surface area contributed by atoms with E-state index in [1.54, 1.807) is 6.33 Å². The molecule has 2 N–H and O–H groups in total. The van der Waals surface area contributed by atoms with Crippen molar-refractivity contribution in [3.8, 4) is 0 Å². The smallest absolute Gasteiger partial charge is 0.0947 e. The summed E-state index contributed by atoms with van der Waals surface area (Å²) in [5, 5.41) is 0. The zero-order valence-electron chi connectivity index (χ0n) is 7.40. The largest absolute Gasteiger partial charge is 0.340 e. The molecular formula is C9H15N3. The minimum Gasteiger partial charge on any atom is -0.340 e. The highest BCUT2D eigenvalue weighted by molar-refractivity contribution is 5.02.